The molecular weight excluding hydrogens is 238 g/mol. The largest absolute Gasteiger partial charge is 0.478 e. The highest BCUT2D eigenvalue weighted by Gasteiger charge is 2.27. The van der Waals surface area contributed by atoms with Gasteiger partial charge in [-0.25, -0.2) is 4.79 Å². The van der Waals surface area contributed by atoms with Crippen molar-refractivity contribution in [2.75, 3.05) is 11.4 Å². The van der Waals surface area contributed by atoms with Crippen LogP contribution >= 0.6 is 0 Å². The van der Waals surface area contributed by atoms with Crippen LogP contribution in [0, 0.1) is 0 Å². The molecule has 1 heterocycles. The van der Waals surface area contributed by atoms with Crippen molar-refractivity contribution >= 4 is 11.7 Å². The van der Waals surface area contributed by atoms with E-state index in [2.05, 4.69) is 4.90 Å². The van der Waals surface area contributed by atoms with Gasteiger partial charge in [-0.2, -0.15) is 0 Å². The van der Waals surface area contributed by atoms with Gasteiger partial charge in [0, 0.05) is 18.3 Å². The number of fused-ring (bicyclic) bond motifs is 1. The van der Waals surface area contributed by atoms with Crippen LogP contribution < -0.4 is 4.90 Å². The zero-order chi connectivity index (χ0) is 13.2. The second-order valence-electron chi connectivity index (χ2n) is 5.74. The molecule has 0 spiro atoms. The molecule has 1 aromatic rings. The van der Waals surface area contributed by atoms with Crippen molar-refractivity contribution in [3.05, 3.63) is 29.3 Å². The van der Waals surface area contributed by atoms with E-state index in [-0.39, 0.29) is 0 Å². The first-order valence-electron chi connectivity index (χ1n) is 7.38. The molecule has 1 saturated carbocycles. The number of hydrogen-bond acceptors (Lipinski definition) is 2. The molecule has 1 N–H and O–H groups in total. The van der Waals surface area contributed by atoms with Gasteiger partial charge in [-0.3, -0.25) is 0 Å². The highest BCUT2D eigenvalue weighted by molar-refractivity contribution is 5.88. The van der Waals surface area contributed by atoms with Crippen molar-refractivity contribution in [1.29, 1.82) is 0 Å². The maximum Gasteiger partial charge on any atom is 0.335 e. The summed E-state index contributed by atoms with van der Waals surface area (Å²) in [6.07, 6.45) is 8.99. The SMILES string of the molecule is O=C(O)c1ccc2c(c1)CCN2C1CCCCCC1. The Balaban J connectivity index is 1.83. The number of carboxylic acid groups (broad SMARTS) is 1. The van der Waals surface area contributed by atoms with E-state index in [0.717, 1.165) is 13.0 Å². The van der Waals surface area contributed by atoms with Gasteiger partial charge < -0.3 is 10.0 Å². The van der Waals surface area contributed by atoms with E-state index in [4.69, 9.17) is 5.11 Å². The van der Waals surface area contributed by atoms with E-state index in [1.807, 2.05) is 12.1 Å². The Morgan fingerprint density at radius 2 is 1.89 bits per heavy atom. The summed E-state index contributed by atoms with van der Waals surface area (Å²) < 4.78 is 0. The Morgan fingerprint density at radius 1 is 1.16 bits per heavy atom. The fraction of sp³-hybridized carbons (Fsp3) is 0.562. The molecule has 1 aliphatic heterocycles. The van der Waals surface area contributed by atoms with E-state index in [1.54, 1.807) is 6.07 Å². The van der Waals surface area contributed by atoms with Crippen LogP contribution in [0.15, 0.2) is 18.2 Å². The Labute approximate surface area is 114 Å². The Hall–Kier alpha value is -1.51. The maximum absolute atomic E-state index is 11.0. The minimum atomic E-state index is -0.823. The first kappa shape index (κ1) is 12.5. The smallest absolute Gasteiger partial charge is 0.335 e. The number of rotatable bonds is 2. The zero-order valence-corrected chi connectivity index (χ0v) is 11.3. The summed E-state index contributed by atoms with van der Waals surface area (Å²) in [4.78, 5) is 13.5. The number of carboxylic acids is 1. The number of hydrogen-bond donors (Lipinski definition) is 1. The van der Waals surface area contributed by atoms with E-state index in [1.165, 1.54) is 49.8 Å². The number of benzene rings is 1. The quantitative estimate of drug-likeness (QED) is 0.827. The monoisotopic (exact) mass is 259 g/mol. The fourth-order valence-electron chi connectivity index (χ4n) is 3.51. The number of carbonyl (C=O) groups is 1. The molecule has 0 aromatic heterocycles. The summed E-state index contributed by atoms with van der Waals surface area (Å²) in [7, 11) is 0. The van der Waals surface area contributed by atoms with E-state index >= 15 is 0 Å². The van der Waals surface area contributed by atoms with Crippen LogP contribution in [0.3, 0.4) is 0 Å². The van der Waals surface area contributed by atoms with Crippen LogP contribution in [-0.4, -0.2) is 23.7 Å². The van der Waals surface area contributed by atoms with Crippen molar-refractivity contribution < 1.29 is 9.90 Å². The lowest BCUT2D eigenvalue weighted by Crippen LogP contribution is -2.33. The van der Waals surface area contributed by atoms with Gasteiger partial charge in [-0.1, -0.05) is 25.7 Å². The summed E-state index contributed by atoms with van der Waals surface area (Å²) in [5.41, 5.74) is 2.91. The summed E-state index contributed by atoms with van der Waals surface area (Å²) in [6.45, 7) is 1.06. The standard InChI is InChI=1S/C16H21NO2/c18-16(19)13-7-8-15-12(11-13)9-10-17(15)14-5-3-1-2-4-6-14/h7-8,11,14H,1-6,9-10H2,(H,18,19). The summed E-state index contributed by atoms with van der Waals surface area (Å²) in [5, 5.41) is 9.05. The summed E-state index contributed by atoms with van der Waals surface area (Å²) in [5.74, 6) is -0.823. The van der Waals surface area contributed by atoms with Crippen LogP contribution in [-0.2, 0) is 6.42 Å². The van der Waals surface area contributed by atoms with Crippen LogP contribution in [0.1, 0.15) is 54.4 Å². The Kier molecular flexibility index (Phi) is 3.45. The summed E-state index contributed by atoms with van der Waals surface area (Å²) in [6, 6.07) is 6.28. The molecule has 0 radical (unpaired) electrons. The molecule has 1 aromatic carbocycles. The van der Waals surface area contributed by atoms with Crippen molar-refractivity contribution in [2.45, 2.75) is 51.0 Å². The molecule has 0 amide bonds. The van der Waals surface area contributed by atoms with Gasteiger partial charge in [-0.15, -0.1) is 0 Å². The summed E-state index contributed by atoms with van der Waals surface area (Å²) >= 11 is 0. The predicted molar refractivity (Wildman–Crippen MR) is 75.9 cm³/mol. The van der Waals surface area contributed by atoms with E-state index in [9.17, 15) is 4.79 Å². The van der Waals surface area contributed by atoms with Crippen molar-refractivity contribution in [2.24, 2.45) is 0 Å². The third-order valence-corrected chi connectivity index (χ3v) is 4.52. The molecular formula is C16H21NO2. The third-order valence-electron chi connectivity index (χ3n) is 4.52. The maximum atomic E-state index is 11.0. The van der Waals surface area contributed by atoms with Gasteiger partial charge in [0.25, 0.3) is 0 Å². The molecule has 0 bridgehead atoms. The lowest BCUT2D eigenvalue weighted by Gasteiger charge is -2.29. The lowest BCUT2D eigenvalue weighted by molar-refractivity contribution is 0.0697. The van der Waals surface area contributed by atoms with Crippen LogP contribution in [0.4, 0.5) is 5.69 Å². The van der Waals surface area contributed by atoms with Gasteiger partial charge in [0.2, 0.25) is 0 Å². The lowest BCUT2D eigenvalue weighted by atomic mass is 10.1. The molecule has 3 nitrogen and oxygen atoms in total. The van der Waals surface area contributed by atoms with Gasteiger partial charge in [0.1, 0.15) is 0 Å². The predicted octanol–water partition coefficient (Wildman–Crippen LogP) is 3.47. The third kappa shape index (κ3) is 2.46. The Morgan fingerprint density at radius 3 is 2.58 bits per heavy atom. The molecule has 3 heteroatoms. The van der Waals surface area contributed by atoms with Crippen LogP contribution in [0.5, 0.6) is 0 Å². The first-order chi connectivity index (χ1) is 9.25. The minimum absolute atomic E-state index is 0.418. The highest BCUT2D eigenvalue weighted by atomic mass is 16.4. The molecule has 1 aliphatic carbocycles. The average Bonchev–Trinajstić information content (AvgIpc) is 2.64. The molecule has 102 valence electrons. The van der Waals surface area contributed by atoms with Gasteiger partial charge >= 0.3 is 5.97 Å². The van der Waals surface area contributed by atoms with Gasteiger partial charge in [-0.05, 0) is 43.0 Å². The van der Waals surface area contributed by atoms with Gasteiger partial charge in [0.05, 0.1) is 5.56 Å². The molecule has 19 heavy (non-hydrogen) atoms. The van der Waals surface area contributed by atoms with Gasteiger partial charge in [0.15, 0.2) is 0 Å². The van der Waals surface area contributed by atoms with Crippen molar-refractivity contribution in [3.8, 4) is 0 Å². The number of anilines is 1. The molecule has 0 unspecified atom stereocenters. The number of aromatic carboxylic acids is 1. The zero-order valence-electron chi connectivity index (χ0n) is 11.3. The van der Waals surface area contributed by atoms with Crippen molar-refractivity contribution in [1.82, 2.24) is 0 Å². The normalized spacial score (nSPS) is 20.1. The second kappa shape index (κ2) is 5.24. The molecule has 0 saturated heterocycles. The first-order valence-corrected chi connectivity index (χ1v) is 7.38. The van der Waals surface area contributed by atoms with Crippen molar-refractivity contribution in [3.63, 3.8) is 0 Å². The van der Waals surface area contributed by atoms with E-state index in [0.29, 0.717) is 11.6 Å². The number of nitrogens with zero attached hydrogens (tertiary/aromatic N) is 1. The fourth-order valence-corrected chi connectivity index (χ4v) is 3.51. The second-order valence-corrected chi connectivity index (χ2v) is 5.74. The topological polar surface area (TPSA) is 40.5 Å². The van der Waals surface area contributed by atoms with E-state index < -0.39 is 5.97 Å². The molecule has 1 fully saturated rings. The van der Waals surface area contributed by atoms with Crippen LogP contribution in [0.2, 0.25) is 0 Å². The highest BCUT2D eigenvalue weighted by Crippen LogP contribution is 2.34. The minimum Gasteiger partial charge on any atom is -0.478 e. The van der Waals surface area contributed by atoms with Crippen LogP contribution in [0.25, 0.3) is 0 Å². The Bertz CT molecular complexity index is 476. The molecule has 3 rings (SSSR count). The molecule has 2 aliphatic rings. The average molecular weight is 259 g/mol. The molecule has 0 atom stereocenters.